The molecule has 0 spiro atoms. The normalized spacial score (nSPS) is 11.5. The topological polar surface area (TPSA) is 91.8 Å². The summed E-state index contributed by atoms with van der Waals surface area (Å²) in [6.45, 7) is 0.334. The van der Waals surface area contributed by atoms with Gasteiger partial charge in [0, 0.05) is 6.54 Å². The van der Waals surface area contributed by atoms with Crippen molar-refractivity contribution in [2.24, 2.45) is 11.7 Å². The molecule has 5 nitrogen and oxygen atoms in total. The number of carbonyl (C=O) groups is 1. The summed E-state index contributed by atoms with van der Waals surface area (Å²) < 4.78 is 12.9. The van der Waals surface area contributed by atoms with Gasteiger partial charge in [-0.3, -0.25) is 4.79 Å². The summed E-state index contributed by atoms with van der Waals surface area (Å²) in [5.41, 5.74) is 7.27. The van der Waals surface area contributed by atoms with Gasteiger partial charge < -0.3 is 11.1 Å². The molecule has 3 N–H and O–H groups in total. The number of rotatable bonds is 6. The molecule has 2 rings (SSSR count). The van der Waals surface area contributed by atoms with Gasteiger partial charge in [-0.1, -0.05) is 12.1 Å². The molecule has 1 aromatic heterocycles. The first kappa shape index (κ1) is 15.4. The number of halogens is 1. The first-order valence-electron chi connectivity index (χ1n) is 6.72. The Kier molecular flexibility index (Phi) is 5.04. The Balaban J connectivity index is 1.98. The van der Waals surface area contributed by atoms with Crippen LogP contribution in [0, 0.1) is 23.1 Å². The summed E-state index contributed by atoms with van der Waals surface area (Å²) in [5, 5.41) is 11.7. The zero-order chi connectivity index (χ0) is 15.9. The maximum atomic E-state index is 12.9. The molecule has 0 bridgehead atoms. The van der Waals surface area contributed by atoms with Crippen molar-refractivity contribution in [1.82, 2.24) is 4.98 Å². The van der Waals surface area contributed by atoms with E-state index in [4.69, 9.17) is 11.0 Å². The van der Waals surface area contributed by atoms with Crippen molar-refractivity contribution in [2.45, 2.75) is 6.42 Å². The molecule has 0 unspecified atom stereocenters. The molecule has 1 heterocycles. The lowest BCUT2D eigenvalue weighted by Crippen LogP contribution is -2.31. The van der Waals surface area contributed by atoms with Gasteiger partial charge >= 0.3 is 0 Å². The number of aromatic nitrogens is 1. The van der Waals surface area contributed by atoms with Crippen molar-refractivity contribution in [3.05, 3.63) is 59.7 Å². The predicted molar refractivity (Wildman–Crippen MR) is 80.2 cm³/mol. The van der Waals surface area contributed by atoms with Crippen molar-refractivity contribution in [3.63, 3.8) is 0 Å². The molecule has 112 valence electrons. The maximum absolute atomic E-state index is 12.9. The van der Waals surface area contributed by atoms with Gasteiger partial charge in [-0.05, 0) is 36.2 Å². The quantitative estimate of drug-likeness (QED) is 0.851. The lowest BCUT2D eigenvalue weighted by molar-refractivity contribution is -0.121. The molecule has 0 aliphatic heterocycles. The average Bonchev–Trinajstić information content (AvgIpc) is 2.53. The SMILES string of the molecule is N#Cc1ccc(NC[C@H](Cc2ccc(F)cc2)C(N)=O)cn1. The molecule has 1 aromatic carbocycles. The largest absolute Gasteiger partial charge is 0.383 e. The number of pyridine rings is 1. The van der Waals surface area contributed by atoms with Gasteiger partial charge in [0.1, 0.15) is 17.6 Å². The Labute approximate surface area is 127 Å². The molecule has 2 aromatic rings. The third-order valence-corrected chi connectivity index (χ3v) is 3.23. The highest BCUT2D eigenvalue weighted by molar-refractivity contribution is 5.77. The van der Waals surface area contributed by atoms with Crippen molar-refractivity contribution in [3.8, 4) is 6.07 Å². The van der Waals surface area contributed by atoms with Gasteiger partial charge in [-0.25, -0.2) is 9.37 Å². The number of nitrogens with two attached hydrogens (primary N) is 1. The molecule has 0 aliphatic rings. The van der Waals surface area contributed by atoms with E-state index in [0.717, 1.165) is 5.56 Å². The highest BCUT2D eigenvalue weighted by atomic mass is 19.1. The number of benzene rings is 1. The second-order valence-corrected chi connectivity index (χ2v) is 4.85. The van der Waals surface area contributed by atoms with Gasteiger partial charge in [-0.15, -0.1) is 0 Å². The summed E-state index contributed by atoms with van der Waals surface area (Å²) in [6, 6.07) is 11.2. The summed E-state index contributed by atoms with van der Waals surface area (Å²) in [5.74, 6) is -1.18. The third-order valence-electron chi connectivity index (χ3n) is 3.23. The molecular formula is C16H15FN4O. The fourth-order valence-electron chi connectivity index (χ4n) is 1.98. The zero-order valence-electron chi connectivity index (χ0n) is 11.8. The van der Waals surface area contributed by atoms with Crippen LogP contribution >= 0.6 is 0 Å². The van der Waals surface area contributed by atoms with Gasteiger partial charge in [0.25, 0.3) is 0 Å². The number of hydrogen-bond donors (Lipinski definition) is 2. The van der Waals surface area contributed by atoms with E-state index in [2.05, 4.69) is 10.3 Å². The average molecular weight is 298 g/mol. The minimum atomic E-state index is -0.432. The monoisotopic (exact) mass is 298 g/mol. The molecule has 0 saturated heterocycles. The number of nitrogens with one attached hydrogen (secondary N) is 1. The highest BCUT2D eigenvalue weighted by Crippen LogP contribution is 2.12. The van der Waals surface area contributed by atoms with E-state index in [0.29, 0.717) is 24.3 Å². The van der Waals surface area contributed by atoms with E-state index < -0.39 is 11.8 Å². The zero-order valence-corrected chi connectivity index (χ0v) is 11.8. The van der Waals surface area contributed by atoms with E-state index in [1.807, 2.05) is 6.07 Å². The summed E-state index contributed by atoms with van der Waals surface area (Å²) in [4.78, 5) is 15.5. The summed E-state index contributed by atoms with van der Waals surface area (Å²) in [6.07, 6.45) is 1.95. The molecule has 0 radical (unpaired) electrons. The second-order valence-electron chi connectivity index (χ2n) is 4.85. The van der Waals surface area contributed by atoms with E-state index in [1.165, 1.54) is 18.3 Å². The van der Waals surface area contributed by atoms with Crippen LogP contribution in [-0.2, 0) is 11.2 Å². The van der Waals surface area contributed by atoms with Gasteiger partial charge in [0.05, 0.1) is 17.8 Å². The molecule has 0 fully saturated rings. The molecule has 1 atom stereocenters. The Morgan fingerprint density at radius 1 is 1.32 bits per heavy atom. The number of nitrogens with zero attached hydrogens (tertiary/aromatic N) is 2. The molecule has 6 heteroatoms. The molecule has 22 heavy (non-hydrogen) atoms. The van der Waals surface area contributed by atoms with Gasteiger partial charge in [0.15, 0.2) is 0 Å². The number of anilines is 1. The van der Waals surface area contributed by atoms with Crippen LogP contribution in [0.3, 0.4) is 0 Å². The number of primary amides is 1. The summed E-state index contributed by atoms with van der Waals surface area (Å²) in [7, 11) is 0. The molecule has 1 amide bonds. The molecular weight excluding hydrogens is 283 g/mol. The van der Waals surface area contributed by atoms with Crippen LogP contribution < -0.4 is 11.1 Å². The minimum absolute atomic E-state index is 0.318. The predicted octanol–water partition coefficient (Wildman–Crippen LogP) is 1.85. The van der Waals surface area contributed by atoms with E-state index in [-0.39, 0.29) is 5.82 Å². The lowest BCUT2D eigenvalue weighted by atomic mass is 9.98. The van der Waals surface area contributed by atoms with Gasteiger partial charge in [-0.2, -0.15) is 5.26 Å². The number of carbonyl (C=O) groups excluding carboxylic acids is 1. The second kappa shape index (κ2) is 7.18. The maximum Gasteiger partial charge on any atom is 0.222 e. The van der Waals surface area contributed by atoms with Crippen LogP contribution in [-0.4, -0.2) is 17.4 Å². The standard InChI is InChI=1S/C16H15FN4O/c17-13-3-1-11(2-4-13)7-12(16(19)22)9-20-15-6-5-14(8-18)21-10-15/h1-6,10,12,20H,7,9H2,(H2,19,22)/t12-/m0/s1. The lowest BCUT2D eigenvalue weighted by Gasteiger charge is -2.15. The van der Waals surface area contributed by atoms with E-state index in [1.54, 1.807) is 24.3 Å². The fraction of sp³-hybridized carbons (Fsp3) is 0.188. The van der Waals surface area contributed by atoms with E-state index in [9.17, 15) is 9.18 Å². The number of hydrogen-bond acceptors (Lipinski definition) is 4. The number of amides is 1. The van der Waals surface area contributed by atoms with Crippen LogP contribution in [0.2, 0.25) is 0 Å². The van der Waals surface area contributed by atoms with Crippen molar-refractivity contribution >= 4 is 11.6 Å². The van der Waals surface area contributed by atoms with Crippen LogP contribution in [0.5, 0.6) is 0 Å². The molecule has 0 aliphatic carbocycles. The number of nitriles is 1. The first-order valence-corrected chi connectivity index (χ1v) is 6.72. The Hall–Kier alpha value is -2.94. The highest BCUT2D eigenvalue weighted by Gasteiger charge is 2.16. The fourth-order valence-corrected chi connectivity index (χ4v) is 1.98. The summed E-state index contributed by atoms with van der Waals surface area (Å²) >= 11 is 0. The smallest absolute Gasteiger partial charge is 0.222 e. The first-order chi connectivity index (χ1) is 10.6. The van der Waals surface area contributed by atoms with Crippen LogP contribution in [0.25, 0.3) is 0 Å². The van der Waals surface area contributed by atoms with Crippen molar-refractivity contribution < 1.29 is 9.18 Å². The third kappa shape index (κ3) is 4.28. The Morgan fingerprint density at radius 3 is 2.59 bits per heavy atom. The van der Waals surface area contributed by atoms with Crippen LogP contribution in [0.4, 0.5) is 10.1 Å². The minimum Gasteiger partial charge on any atom is -0.383 e. The molecule has 0 saturated carbocycles. The Bertz CT molecular complexity index is 677. The van der Waals surface area contributed by atoms with Crippen molar-refractivity contribution in [2.75, 3.05) is 11.9 Å². The van der Waals surface area contributed by atoms with Crippen molar-refractivity contribution in [1.29, 1.82) is 5.26 Å². The Morgan fingerprint density at radius 2 is 2.05 bits per heavy atom. The van der Waals surface area contributed by atoms with Crippen LogP contribution in [0.1, 0.15) is 11.3 Å². The van der Waals surface area contributed by atoms with Gasteiger partial charge in [0.2, 0.25) is 5.91 Å². The van der Waals surface area contributed by atoms with Crippen LogP contribution in [0.15, 0.2) is 42.6 Å². The van der Waals surface area contributed by atoms with E-state index >= 15 is 0 Å².